The van der Waals surface area contributed by atoms with Crippen molar-refractivity contribution in [1.29, 1.82) is 0 Å². The van der Waals surface area contributed by atoms with E-state index < -0.39 is 0 Å². The molecule has 0 bridgehead atoms. The molecular weight excluding hydrogens is 232 g/mol. The van der Waals surface area contributed by atoms with Gasteiger partial charge in [-0.25, -0.2) is 4.98 Å². The SMILES string of the molecule is CCC(C)(C)OCc1csc(CNC2CC2)n1. The second-order valence-electron chi connectivity index (χ2n) is 5.29. The third kappa shape index (κ3) is 4.37. The van der Waals surface area contributed by atoms with Gasteiger partial charge in [0.1, 0.15) is 5.01 Å². The zero-order valence-corrected chi connectivity index (χ0v) is 11.8. The highest BCUT2D eigenvalue weighted by atomic mass is 32.1. The van der Waals surface area contributed by atoms with E-state index in [2.05, 4.69) is 36.5 Å². The summed E-state index contributed by atoms with van der Waals surface area (Å²) in [5.74, 6) is 0. The van der Waals surface area contributed by atoms with Crippen LogP contribution in [0.3, 0.4) is 0 Å². The summed E-state index contributed by atoms with van der Waals surface area (Å²) in [5.41, 5.74) is 1.01. The molecule has 0 amide bonds. The Kier molecular flexibility index (Phi) is 4.17. The first-order valence-corrected chi connectivity index (χ1v) is 7.27. The summed E-state index contributed by atoms with van der Waals surface area (Å²) in [6.07, 6.45) is 3.67. The first-order chi connectivity index (χ1) is 8.09. The molecule has 0 aromatic carbocycles. The Morgan fingerprint density at radius 2 is 2.29 bits per heavy atom. The number of nitrogens with zero attached hydrogens (tertiary/aromatic N) is 1. The zero-order chi connectivity index (χ0) is 12.3. The van der Waals surface area contributed by atoms with E-state index >= 15 is 0 Å². The van der Waals surface area contributed by atoms with Gasteiger partial charge >= 0.3 is 0 Å². The summed E-state index contributed by atoms with van der Waals surface area (Å²) < 4.78 is 5.84. The topological polar surface area (TPSA) is 34.1 Å². The lowest BCUT2D eigenvalue weighted by atomic mass is 10.1. The fourth-order valence-electron chi connectivity index (χ4n) is 1.39. The fraction of sp³-hybridized carbons (Fsp3) is 0.769. The van der Waals surface area contributed by atoms with Gasteiger partial charge in [0, 0.05) is 18.0 Å². The average molecular weight is 254 g/mol. The molecule has 0 spiro atoms. The average Bonchev–Trinajstić information content (AvgIpc) is 3.03. The van der Waals surface area contributed by atoms with Gasteiger partial charge in [0.2, 0.25) is 0 Å². The van der Waals surface area contributed by atoms with Gasteiger partial charge in [-0.1, -0.05) is 6.92 Å². The molecule has 1 aliphatic carbocycles. The summed E-state index contributed by atoms with van der Waals surface area (Å²) in [5, 5.41) is 6.75. The number of hydrogen-bond donors (Lipinski definition) is 1. The molecule has 96 valence electrons. The molecule has 17 heavy (non-hydrogen) atoms. The van der Waals surface area contributed by atoms with E-state index in [9.17, 15) is 0 Å². The van der Waals surface area contributed by atoms with Crippen LogP contribution in [-0.2, 0) is 17.9 Å². The van der Waals surface area contributed by atoms with Crippen molar-refractivity contribution in [3.05, 3.63) is 16.1 Å². The Balaban J connectivity index is 1.76. The Labute approximate surface area is 108 Å². The third-order valence-corrected chi connectivity index (χ3v) is 4.08. The molecule has 1 saturated carbocycles. The first-order valence-electron chi connectivity index (χ1n) is 6.40. The molecule has 1 fully saturated rings. The molecule has 4 heteroatoms. The normalized spacial score (nSPS) is 16.4. The molecule has 1 aromatic rings. The van der Waals surface area contributed by atoms with E-state index in [1.807, 2.05) is 0 Å². The summed E-state index contributed by atoms with van der Waals surface area (Å²) in [6.45, 7) is 7.92. The third-order valence-electron chi connectivity index (χ3n) is 3.18. The highest BCUT2D eigenvalue weighted by Gasteiger charge is 2.20. The van der Waals surface area contributed by atoms with Gasteiger partial charge in [0.25, 0.3) is 0 Å². The molecule has 0 atom stereocenters. The molecule has 1 heterocycles. The van der Waals surface area contributed by atoms with Crippen LogP contribution < -0.4 is 5.32 Å². The Bertz CT molecular complexity index is 358. The second-order valence-corrected chi connectivity index (χ2v) is 6.23. The Morgan fingerprint density at radius 3 is 2.94 bits per heavy atom. The Hall–Kier alpha value is -0.450. The van der Waals surface area contributed by atoms with Crippen molar-refractivity contribution in [2.45, 2.75) is 64.8 Å². The van der Waals surface area contributed by atoms with Crippen LogP contribution in [-0.4, -0.2) is 16.6 Å². The van der Waals surface area contributed by atoms with E-state index in [0.717, 1.165) is 24.7 Å². The largest absolute Gasteiger partial charge is 0.369 e. The van der Waals surface area contributed by atoms with Gasteiger partial charge in [0.05, 0.1) is 17.9 Å². The van der Waals surface area contributed by atoms with Crippen LogP contribution in [0.25, 0.3) is 0 Å². The van der Waals surface area contributed by atoms with Crippen LogP contribution in [0, 0.1) is 0 Å². The highest BCUT2D eigenvalue weighted by Crippen LogP contribution is 2.21. The van der Waals surface area contributed by atoms with Crippen molar-refractivity contribution < 1.29 is 4.74 Å². The number of hydrogen-bond acceptors (Lipinski definition) is 4. The zero-order valence-electron chi connectivity index (χ0n) is 11.0. The lowest BCUT2D eigenvalue weighted by molar-refractivity contribution is -0.0328. The monoisotopic (exact) mass is 254 g/mol. The summed E-state index contributed by atoms with van der Waals surface area (Å²) in [4.78, 5) is 4.58. The van der Waals surface area contributed by atoms with Crippen molar-refractivity contribution in [2.75, 3.05) is 0 Å². The molecule has 0 unspecified atom stereocenters. The molecule has 1 aromatic heterocycles. The number of nitrogens with one attached hydrogen (secondary N) is 1. The molecule has 1 aliphatic rings. The maximum atomic E-state index is 5.84. The van der Waals surface area contributed by atoms with Crippen LogP contribution in [0.5, 0.6) is 0 Å². The fourth-order valence-corrected chi connectivity index (χ4v) is 2.12. The first kappa shape index (κ1) is 13.0. The summed E-state index contributed by atoms with van der Waals surface area (Å²) >= 11 is 1.72. The predicted molar refractivity (Wildman–Crippen MR) is 71.1 cm³/mol. The van der Waals surface area contributed by atoms with Gasteiger partial charge in [-0.15, -0.1) is 11.3 Å². The molecule has 2 rings (SSSR count). The quantitative estimate of drug-likeness (QED) is 0.812. The molecular formula is C13H22N2OS. The van der Waals surface area contributed by atoms with Gasteiger partial charge < -0.3 is 10.1 Å². The minimum absolute atomic E-state index is 0.0456. The van der Waals surface area contributed by atoms with E-state index in [4.69, 9.17) is 4.74 Å². The molecule has 1 N–H and O–H groups in total. The van der Waals surface area contributed by atoms with Gasteiger partial charge in [-0.3, -0.25) is 0 Å². The van der Waals surface area contributed by atoms with Crippen LogP contribution in [0.4, 0.5) is 0 Å². The summed E-state index contributed by atoms with van der Waals surface area (Å²) in [6, 6.07) is 0.748. The maximum Gasteiger partial charge on any atom is 0.107 e. The van der Waals surface area contributed by atoms with Gasteiger partial charge in [-0.05, 0) is 33.1 Å². The summed E-state index contributed by atoms with van der Waals surface area (Å²) in [7, 11) is 0. The minimum Gasteiger partial charge on any atom is -0.369 e. The minimum atomic E-state index is -0.0456. The van der Waals surface area contributed by atoms with E-state index in [-0.39, 0.29) is 5.60 Å². The molecule has 3 nitrogen and oxygen atoms in total. The van der Waals surface area contributed by atoms with Crippen LogP contribution >= 0.6 is 11.3 Å². The maximum absolute atomic E-state index is 5.84. The number of ether oxygens (including phenoxy) is 1. The van der Waals surface area contributed by atoms with Crippen LogP contribution in [0.15, 0.2) is 5.38 Å². The van der Waals surface area contributed by atoms with E-state index in [0.29, 0.717) is 6.61 Å². The highest BCUT2D eigenvalue weighted by molar-refractivity contribution is 7.09. The molecule has 0 saturated heterocycles. The van der Waals surface area contributed by atoms with Crippen LogP contribution in [0.1, 0.15) is 50.7 Å². The number of thiazole rings is 1. The predicted octanol–water partition coefficient (Wildman–Crippen LogP) is 3.10. The second kappa shape index (κ2) is 5.46. The van der Waals surface area contributed by atoms with Crippen molar-refractivity contribution in [2.24, 2.45) is 0 Å². The van der Waals surface area contributed by atoms with Crippen molar-refractivity contribution in [3.63, 3.8) is 0 Å². The lowest BCUT2D eigenvalue weighted by Gasteiger charge is -2.22. The molecule has 0 aliphatic heterocycles. The van der Waals surface area contributed by atoms with Gasteiger partial charge in [0.15, 0.2) is 0 Å². The standard InChI is InChI=1S/C13H22N2OS/c1-4-13(2,3)16-8-11-9-17-12(15-11)7-14-10-5-6-10/h9-10,14H,4-8H2,1-3H3. The van der Waals surface area contributed by atoms with Gasteiger partial charge in [-0.2, -0.15) is 0 Å². The number of rotatable bonds is 7. The smallest absolute Gasteiger partial charge is 0.107 e. The van der Waals surface area contributed by atoms with Crippen molar-refractivity contribution in [3.8, 4) is 0 Å². The van der Waals surface area contributed by atoms with Crippen molar-refractivity contribution >= 4 is 11.3 Å². The van der Waals surface area contributed by atoms with Crippen LogP contribution in [0.2, 0.25) is 0 Å². The van der Waals surface area contributed by atoms with Crippen molar-refractivity contribution in [1.82, 2.24) is 10.3 Å². The Morgan fingerprint density at radius 1 is 1.53 bits per heavy atom. The van der Waals surface area contributed by atoms with E-state index in [1.165, 1.54) is 17.8 Å². The lowest BCUT2D eigenvalue weighted by Crippen LogP contribution is -2.22. The number of aromatic nitrogens is 1. The van der Waals surface area contributed by atoms with E-state index in [1.54, 1.807) is 11.3 Å². The molecule has 0 radical (unpaired) electrons.